The van der Waals surface area contributed by atoms with Crippen molar-refractivity contribution >= 4 is 17.2 Å². The van der Waals surface area contributed by atoms with Crippen molar-refractivity contribution in [2.75, 3.05) is 11.7 Å². The summed E-state index contributed by atoms with van der Waals surface area (Å²) >= 11 is 0. The van der Waals surface area contributed by atoms with E-state index in [0.717, 1.165) is 0 Å². The molecule has 0 radical (unpaired) electrons. The topological polar surface area (TPSA) is 132 Å². The number of ether oxygens (including phenoxy) is 2. The van der Waals surface area contributed by atoms with E-state index in [-0.39, 0.29) is 52.8 Å². The Kier molecular flexibility index (Phi) is 4.83. The maximum absolute atomic E-state index is 13.6. The van der Waals surface area contributed by atoms with Crippen molar-refractivity contribution in [1.29, 1.82) is 5.26 Å². The quantitative estimate of drug-likeness (QED) is 0.533. The lowest BCUT2D eigenvalue weighted by molar-refractivity contribution is -0.385. The second-order valence-corrected chi connectivity index (χ2v) is 9.34. The number of Topliss-reactive ketones (excluding diaryl/α,β-unsaturated/α-hetero) is 1. The highest BCUT2D eigenvalue weighted by atomic mass is 16.7. The lowest BCUT2D eigenvalue weighted by Gasteiger charge is -2.43. The van der Waals surface area contributed by atoms with Gasteiger partial charge in [-0.2, -0.15) is 5.26 Å². The number of allylic oxidation sites excluding steroid dienone is 3. The van der Waals surface area contributed by atoms with Crippen LogP contribution in [0.2, 0.25) is 0 Å². The summed E-state index contributed by atoms with van der Waals surface area (Å²) < 4.78 is 10.8. The number of nitrogens with two attached hydrogens (primary N) is 1. The van der Waals surface area contributed by atoms with Gasteiger partial charge < -0.3 is 15.2 Å². The maximum atomic E-state index is 13.6. The van der Waals surface area contributed by atoms with Crippen LogP contribution in [0.25, 0.3) is 0 Å². The van der Waals surface area contributed by atoms with Crippen LogP contribution in [0.4, 0.5) is 11.4 Å². The highest BCUT2D eigenvalue weighted by Gasteiger charge is 2.46. The van der Waals surface area contributed by atoms with Crippen molar-refractivity contribution < 1.29 is 19.2 Å². The van der Waals surface area contributed by atoms with Gasteiger partial charge in [-0.3, -0.25) is 19.8 Å². The van der Waals surface area contributed by atoms with Crippen LogP contribution in [-0.2, 0) is 4.79 Å². The zero-order chi connectivity index (χ0) is 24.2. The Bertz CT molecular complexity index is 1340. The molecular weight excluding hydrogens is 436 g/mol. The van der Waals surface area contributed by atoms with Crippen molar-refractivity contribution in [3.63, 3.8) is 0 Å². The van der Waals surface area contributed by atoms with Gasteiger partial charge in [-0.25, -0.2) is 0 Å². The van der Waals surface area contributed by atoms with Crippen molar-refractivity contribution in [3.8, 4) is 17.6 Å². The molecule has 3 aliphatic rings. The van der Waals surface area contributed by atoms with E-state index in [1.165, 1.54) is 12.1 Å². The molecule has 1 atom stereocenters. The summed E-state index contributed by atoms with van der Waals surface area (Å²) in [4.78, 5) is 26.8. The maximum Gasteiger partial charge on any atom is 0.277 e. The number of nitro groups is 1. The molecule has 0 saturated heterocycles. The molecule has 2 aromatic carbocycles. The average molecular weight is 458 g/mol. The molecule has 2 aromatic rings. The smallest absolute Gasteiger partial charge is 0.277 e. The normalized spacial score (nSPS) is 20.8. The van der Waals surface area contributed by atoms with Gasteiger partial charge in [0, 0.05) is 28.9 Å². The van der Waals surface area contributed by atoms with Crippen LogP contribution in [0.3, 0.4) is 0 Å². The van der Waals surface area contributed by atoms with Crippen LogP contribution >= 0.6 is 0 Å². The number of nitriles is 1. The first-order chi connectivity index (χ1) is 16.2. The number of carbonyl (C=O) groups is 1. The van der Waals surface area contributed by atoms with Crippen molar-refractivity contribution in [2.24, 2.45) is 11.1 Å². The first-order valence-electron chi connectivity index (χ1n) is 10.8. The number of nitrogens with zero attached hydrogens (tertiary/aromatic N) is 3. The van der Waals surface area contributed by atoms with Crippen molar-refractivity contribution in [1.82, 2.24) is 0 Å². The zero-order valence-electron chi connectivity index (χ0n) is 18.7. The number of carbonyl (C=O) groups excluding carboxylic acids is 1. The van der Waals surface area contributed by atoms with Crippen LogP contribution in [0.5, 0.6) is 11.5 Å². The molecule has 0 spiro atoms. The third kappa shape index (κ3) is 3.27. The minimum atomic E-state index is -0.988. The van der Waals surface area contributed by atoms with Gasteiger partial charge in [0.1, 0.15) is 5.82 Å². The molecular formula is C25H22N4O5. The predicted molar refractivity (Wildman–Crippen MR) is 123 cm³/mol. The summed E-state index contributed by atoms with van der Waals surface area (Å²) in [6.07, 6.45) is 0.763. The minimum Gasteiger partial charge on any atom is -0.454 e. The lowest BCUT2D eigenvalue weighted by Crippen LogP contribution is -2.42. The van der Waals surface area contributed by atoms with Gasteiger partial charge in [-0.1, -0.05) is 32.0 Å². The van der Waals surface area contributed by atoms with E-state index in [0.29, 0.717) is 29.1 Å². The van der Waals surface area contributed by atoms with Gasteiger partial charge in [0.2, 0.25) is 6.79 Å². The number of para-hydroxylation sites is 1. The minimum absolute atomic E-state index is 0.0630. The molecule has 9 nitrogen and oxygen atoms in total. The van der Waals surface area contributed by atoms with E-state index in [2.05, 4.69) is 6.07 Å². The fourth-order valence-corrected chi connectivity index (χ4v) is 5.03. The first-order valence-corrected chi connectivity index (χ1v) is 10.8. The number of anilines is 1. The standard InChI is InChI=1S/C25H22N4O5/c1-25(2)10-18-23(19(30)11-25)22(15-8-20-21(34-13-33-20)9-17(15)29(31)32)16(12-26)24(27)28(18)14-6-4-3-5-7-14/h3-9,22H,10-11,13,27H2,1-2H3/t22-/m0/s1. The number of fused-ring (bicyclic) bond motifs is 1. The summed E-state index contributed by atoms with van der Waals surface area (Å²) in [7, 11) is 0. The molecule has 1 aliphatic carbocycles. The van der Waals surface area contributed by atoms with E-state index in [4.69, 9.17) is 15.2 Å². The molecule has 2 aliphatic heterocycles. The molecule has 0 fully saturated rings. The second-order valence-electron chi connectivity index (χ2n) is 9.34. The molecule has 0 saturated carbocycles. The number of ketones is 1. The third-order valence-corrected chi connectivity index (χ3v) is 6.42. The van der Waals surface area contributed by atoms with Gasteiger partial charge in [-0.15, -0.1) is 0 Å². The van der Waals surface area contributed by atoms with Crippen LogP contribution in [0.15, 0.2) is 65.1 Å². The zero-order valence-corrected chi connectivity index (χ0v) is 18.7. The van der Waals surface area contributed by atoms with Crippen LogP contribution < -0.4 is 20.1 Å². The monoisotopic (exact) mass is 458 g/mol. The molecule has 0 amide bonds. The third-order valence-electron chi connectivity index (χ3n) is 6.42. The van der Waals surface area contributed by atoms with Gasteiger partial charge in [0.15, 0.2) is 17.3 Å². The highest BCUT2D eigenvalue weighted by Crippen LogP contribution is 2.53. The highest BCUT2D eigenvalue weighted by molar-refractivity contribution is 6.02. The van der Waals surface area contributed by atoms with Crippen LogP contribution in [0.1, 0.15) is 38.2 Å². The van der Waals surface area contributed by atoms with Gasteiger partial charge in [0.25, 0.3) is 5.69 Å². The Balaban J connectivity index is 1.82. The Morgan fingerprint density at radius 1 is 1.18 bits per heavy atom. The van der Waals surface area contributed by atoms with E-state index in [9.17, 15) is 20.2 Å². The van der Waals surface area contributed by atoms with Crippen LogP contribution in [-0.4, -0.2) is 17.5 Å². The first kappa shape index (κ1) is 21.5. The molecule has 5 rings (SSSR count). The molecule has 2 N–H and O–H groups in total. The van der Waals surface area contributed by atoms with Crippen molar-refractivity contribution in [3.05, 3.63) is 80.8 Å². The fourth-order valence-electron chi connectivity index (χ4n) is 5.03. The van der Waals surface area contributed by atoms with Gasteiger partial charge in [-0.05, 0) is 30.0 Å². The summed E-state index contributed by atoms with van der Waals surface area (Å²) in [6, 6.07) is 14.2. The largest absolute Gasteiger partial charge is 0.454 e. The summed E-state index contributed by atoms with van der Waals surface area (Å²) in [5.41, 5.74) is 7.97. The van der Waals surface area contributed by atoms with Crippen LogP contribution in [0, 0.1) is 26.9 Å². The van der Waals surface area contributed by atoms with E-state index in [1.54, 1.807) is 4.90 Å². The van der Waals surface area contributed by atoms with E-state index in [1.807, 2.05) is 44.2 Å². The number of nitro benzene ring substituents is 1. The Hall–Kier alpha value is -4.32. The lowest BCUT2D eigenvalue weighted by atomic mass is 9.68. The van der Waals surface area contributed by atoms with Gasteiger partial charge in [0.05, 0.1) is 28.5 Å². The molecule has 172 valence electrons. The van der Waals surface area contributed by atoms with Gasteiger partial charge >= 0.3 is 0 Å². The Morgan fingerprint density at radius 2 is 1.85 bits per heavy atom. The number of hydrogen-bond acceptors (Lipinski definition) is 8. The molecule has 0 aromatic heterocycles. The SMILES string of the molecule is CC1(C)CC(=O)C2=C(C1)N(c1ccccc1)C(N)=C(C#N)[C@@H]2c1cc2c(cc1[N+](=O)[O-])OCO2. The molecule has 34 heavy (non-hydrogen) atoms. The predicted octanol–water partition coefficient (Wildman–Crippen LogP) is 4.26. The molecule has 2 heterocycles. The summed E-state index contributed by atoms with van der Waals surface area (Å²) in [6.45, 7) is 3.93. The summed E-state index contributed by atoms with van der Waals surface area (Å²) in [5, 5.41) is 22.2. The molecule has 9 heteroatoms. The molecule has 0 bridgehead atoms. The van der Waals surface area contributed by atoms with E-state index >= 15 is 0 Å². The average Bonchev–Trinajstić information content (AvgIpc) is 3.25. The second kappa shape index (κ2) is 7.63. The number of hydrogen-bond donors (Lipinski definition) is 1. The number of rotatable bonds is 3. The Morgan fingerprint density at radius 3 is 2.50 bits per heavy atom. The Labute approximate surface area is 195 Å². The van der Waals surface area contributed by atoms with E-state index < -0.39 is 10.8 Å². The molecule has 0 unspecified atom stereocenters. The van der Waals surface area contributed by atoms with Crippen molar-refractivity contribution in [2.45, 2.75) is 32.6 Å². The summed E-state index contributed by atoms with van der Waals surface area (Å²) in [5.74, 6) is -0.427. The fraction of sp³-hybridized carbons (Fsp3) is 0.280. The number of benzene rings is 2.